The number of carbonyl (C=O) groups excluding carboxylic acids is 1. The van der Waals surface area contributed by atoms with E-state index in [1.54, 1.807) is 12.1 Å². The van der Waals surface area contributed by atoms with E-state index in [0.717, 1.165) is 10.2 Å². The van der Waals surface area contributed by atoms with Gasteiger partial charge < -0.3 is 5.32 Å². The van der Waals surface area contributed by atoms with Crippen molar-refractivity contribution in [3.05, 3.63) is 57.8 Å². The highest BCUT2D eigenvalue weighted by atomic mass is 79.9. The van der Waals surface area contributed by atoms with Crippen LogP contribution in [-0.2, 0) is 0 Å². The lowest BCUT2D eigenvalue weighted by Crippen LogP contribution is -2.11. The number of pyridine rings is 1. The molecule has 0 saturated carbocycles. The molecule has 2 aromatic rings. The number of nitrogens with one attached hydrogen (secondary N) is 1. The zero-order valence-electron chi connectivity index (χ0n) is 8.65. The molecule has 0 aliphatic rings. The second kappa shape index (κ2) is 5.29. The zero-order chi connectivity index (χ0) is 12.3. The molecule has 1 aromatic heterocycles. The normalized spacial score (nSPS) is 10.0. The minimum Gasteiger partial charge on any atom is -0.322 e. The van der Waals surface area contributed by atoms with Gasteiger partial charge in [0.25, 0.3) is 5.91 Å². The van der Waals surface area contributed by atoms with E-state index < -0.39 is 0 Å². The molecule has 0 spiro atoms. The van der Waals surface area contributed by atoms with Crippen molar-refractivity contribution in [2.24, 2.45) is 0 Å². The molecule has 86 valence electrons. The number of hydrogen-bond donors (Lipinski definition) is 1. The lowest BCUT2D eigenvalue weighted by atomic mass is 10.2. The molecule has 1 aromatic carbocycles. The molecule has 5 heteroatoms. The second-order valence-corrected chi connectivity index (χ2v) is 4.64. The van der Waals surface area contributed by atoms with Crippen molar-refractivity contribution in [3.63, 3.8) is 0 Å². The van der Waals surface area contributed by atoms with Crippen LogP contribution in [0.3, 0.4) is 0 Å². The van der Waals surface area contributed by atoms with E-state index >= 15 is 0 Å². The Bertz CT molecular complexity index is 542. The predicted octanol–water partition coefficient (Wildman–Crippen LogP) is 3.75. The molecule has 1 amide bonds. The second-order valence-electron chi connectivity index (χ2n) is 3.33. The summed E-state index contributed by atoms with van der Waals surface area (Å²) in [5, 5.41) is 3.13. The Balaban J connectivity index is 2.14. The Labute approximate surface area is 112 Å². The van der Waals surface area contributed by atoms with Crippen LogP contribution in [0.1, 0.15) is 10.4 Å². The third-order valence-electron chi connectivity index (χ3n) is 2.07. The summed E-state index contributed by atoms with van der Waals surface area (Å²) in [5.74, 6) is -0.215. The monoisotopic (exact) mass is 310 g/mol. The van der Waals surface area contributed by atoms with Crippen molar-refractivity contribution in [1.82, 2.24) is 4.98 Å². The third-order valence-corrected chi connectivity index (χ3v) is 2.79. The Hall–Kier alpha value is -1.39. The van der Waals surface area contributed by atoms with Gasteiger partial charge >= 0.3 is 0 Å². The topological polar surface area (TPSA) is 42.0 Å². The Morgan fingerprint density at radius 1 is 1.29 bits per heavy atom. The molecule has 0 fully saturated rings. The van der Waals surface area contributed by atoms with E-state index in [-0.39, 0.29) is 5.91 Å². The molecular formula is C12H8BrClN2O. The van der Waals surface area contributed by atoms with Crippen molar-refractivity contribution in [1.29, 1.82) is 0 Å². The van der Waals surface area contributed by atoms with Crippen LogP contribution in [0.5, 0.6) is 0 Å². The van der Waals surface area contributed by atoms with Crippen LogP contribution in [0.25, 0.3) is 0 Å². The summed E-state index contributed by atoms with van der Waals surface area (Å²) < 4.78 is 0.907. The van der Waals surface area contributed by atoms with Crippen molar-refractivity contribution in [2.75, 3.05) is 5.32 Å². The summed E-state index contributed by atoms with van der Waals surface area (Å²) in [6.45, 7) is 0. The first-order valence-corrected chi connectivity index (χ1v) is 6.01. The van der Waals surface area contributed by atoms with Crippen LogP contribution in [0.4, 0.5) is 5.69 Å². The highest BCUT2D eigenvalue weighted by Crippen LogP contribution is 2.16. The molecule has 0 bridgehead atoms. The lowest BCUT2D eigenvalue weighted by molar-refractivity contribution is 0.102. The summed E-state index contributed by atoms with van der Waals surface area (Å²) in [7, 11) is 0. The molecule has 0 radical (unpaired) electrons. The van der Waals surface area contributed by atoms with E-state index in [9.17, 15) is 4.79 Å². The van der Waals surface area contributed by atoms with Gasteiger partial charge in [0.2, 0.25) is 0 Å². The van der Waals surface area contributed by atoms with Gasteiger partial charge in [-0.3, -0.25) is 4.79 Å². The van der Waals surface area contributed by atoms with Crippen LogP contribution < -0.4 is 5.32 Å². The number of hydrogen-bond acceptors (Lipinski definition) is 2. The van der Waals surface area contributed by atoms with Gasteiger partial charge in [0.05, 0.1) is 5.56 Å². The maximum atomic E-state index is 11.8. The summed E-state index contributed by atoms with van der Waals surface area (Å²) in [6, 6.07) is 10.6. The maximum absolute atomic E-state index is 11.8. The molecule has 0 atom stereocenters. The fourth-order valence-corrected chi connectivity index (χ4v) is 1.79. The third kappa shape index (κ3) is 3.28. The SMILES string of the molecule is O=C(Nc1cccc(Br)c1)c1ccc(Cl)nc1. The smallest absolute Gasteiger partial charge is 0.257 e. The van der Waals surface area contributed by atoms with Crippen LogP contribution >= 0.6 is 27.5 Å². The molecule has 0 unspecified atom stereocenters. The molecule has 0 saturated heterocycles. The van der Waals surface area contributed by atoms with E-state index in [4.69, 9.17) is 11.6 Å². The van der Waals surface area contributed by atoms with Crippen LogP contribution in [0.2, 0.25) is 5.15 Å². The van der Waals surface area contributed by atoms with Crippen LogP contribution in [0.15, 0.2) is 47.1 Å². The highest BCUT2D eigenvalue weighted by molar-refractivity contribution is 9.10. The van der Waals surface area contributed by atoms with Gasteiger partial charge in [-0.15, -0.1) is 0 Å². The molecule has 1 N–H and O–H groups in total. The van der Waals surface area contributed by atoms with Gasteiger partial charge in [0.1, 0.15) is 5.15 Å². The quantitative estimate of drug-likeness (QED) is 0.858. The van der Waals surface area contributed by atoms with E-state index in [0.29, 0.717) is 10.7 Å². The maximum Gasteiger partial charge on any atom is 0.257 e. The molecule has 2 rings (SSSR count). The summed E-state index contributed by atoms with van der Waals surface area (Å²) in [6.07, 6.45) is 1.44. The van der Waals surface area contributed by atoms with Crippen molar-refractivity contribution < 1.29 is 4.79 Å². The van der Waals surface area contributed by atoms with Gasteiger partial charge in [-0.2, -0.15) is 0 Å². The van der Waals surface area contributed by atoms with Gasteiger partial charge in [-0.1, -0.05) is 33.6 Å². The number of aromatic nitrogens is 1. The average molecular weight is 312 g/mol. The minimum atomic E-state index is -0.215. The lowest BCUT2D eigenvalue weighted by Gasteiger charge is -2.05. The minimum absolute atomic E-state index is 0.215. The van der Waals surface area contributed by atoms with Crippen molar-refractivity contribution in [3.8, 4) is 0 Å². The number of rotatable bonds is 2. The summed E-state index contributed by atoms with van der Waals surface area (Å²) >= 11 is 8.99. The Morgan fingerprint density at radius 3 is 2.76 bits per heavy atom. The number of halogens is 2. The van der Waals surface area contributed by atoms with Crippen LogP contribution in [-0.4, -0.2) is 10.9 Å². The van der Waals surface area contributed by atoms with E-state index in [1.807, 2.05) is 24.3 Å². The number of carbonyl (C=O) groups is 1. The van der Waals surface area contributed by atoms with Gasteiger partial charge in [-0.05, 0) is 30.3 Å². The number of nitrogens with zero attached hydrogens (tertiary/aromatic N) is 1. The number of benzene rings is 1. The largest absolute Gasteiger partial charge is 0.322 e. The van der Waals surface area contributed by atoms with Crippen molar-refractivity contribution >= 4 is 39.1 Å². The summed E-state index contributed by atoms with van der Waals surface area (Å²) in [4.78, 5) is 15.7. The first kappa shape index (κ1) is 12.1. The summed E-state index contributed by atoms with van der Waals surface area (Å²) in [5.41, 5.74) is 1.19. The molecular weight excluding hydrogens is 304 g/mol. The first-order valence-electron chi connectivity index (χ1n) is 4.83. The molecule has 3 nitrogen and oxygen atoms in total. The Kier molecular flexibility index (Phi) is 3.76. The van der Waals surface area contributed by atoms with E-state index in [2.05, 4.69) is 26.2 Å². The zero-order valence-corrected chi connectivity index (χ0v) is 11.0. The standard InChI is InChI=1S/C12H8BrClN2O/c13-9-2-1-3-10(6-9)16-12(17)8-4-5-11(14)15-7-8/h1-7H,(H,16,17). The van der Waals surface area contributed by atoms with Gasteiger partial charge in [0, 0.05) is 16.4 Å². The molecule has 0 aliphatic carbocycles. The molecule has 1 heterocycles. The van der Waals surface area contributed by atoms with Crippen molar-refractivity contribution in [2.45, 2.75) is 0 Å². The fourth-order valence-electron chi connectivity index (χ4n) is 1.28. The predicted molar refractivity (Wildman–Crippen MR) is 71.3 cm³/mol. The average Bonchev–Trinajstić information content (AvgIpc) is 2.29. The fraction of sp³-hybridized carbons (Fsp3) is 0. The van der Waals surface area contributed by atoms with Gasteiger partial charge in [-0.25, -0.2) is 4.98 Å². The number of amides is 1. The highest BCUT2D eigenvalue weighted by Gasteiger charge is 2.06. The Morgan fingerprint density at radius 2 is 2.12 bits per heavy atom. The number of anilines is 1. The van der Waals surface area contributed by atoms with Crippen LogP contribution in [0, 0.1) is 0 Å². The first-order chi connectivity index (χ1) is 8.15. The molecule has 0 aliphatic heterocycles. The molecule has 17 heavy (non-hydrogen) atoms. The van der Waals surface area contributed by atoms with E-state index in [1.165, 1.54) is 6.20 Å². The van der Waals surface area contributed by atoms with Gasteiger partial charge in [0.15, 0.2) is 0 Å².